The van der Waals surface area contributed by atoms with Crippen molar-refractivity contribution in [3.63, 3.8) is 0 Å². The molecule has 64 valence electrons. The Hall–Kier alpha value is -1.58. The average molecular weight is 165 g/mol. The van der Waals surface area contributed by atoms with Crippen molar-refractivity contribution < 1.29 is 4.79 Å². The maximum absolute atomic E-state index is 10.6. The van der Waals surface area contributed by atoms with Gasteiger partial charge in [0.2, 0.25) is 5.91 Å². The van der Waals surface area contributed by atoms with Crippen molar-refractivity contribution in [3.8, 4) is 0 Å². The number of primary amides is 1. The van der Waals surface area contributed by atoms with E-state index in [1.807, 2.05) is 6.07 Å². The van der Waals surface area contributed by atoms with Crippen molar-refractivity contribution in [2.24, 2.45) is 5.73 Å². The van der Waals surface area contributed by atoms with Crippen molar-refractivity contribution in [2.45, 2.75) is 13.0 Å². The predicted octanol–water partition coefficient (Wildman–Crippen LogP) is 0.367. The minimum atomic E-state index is -0.389. The van der Waals surface area contributed by atoms with Gasteiger partial charge < -0.3 is 11.1 Å². The highest BCUT2D eigenvalue weighted by Crippen LogP contribution is 2.01. The summed E-state index contributed by atoms with van der Waals surface area (Å²) in [7, 11) is 0. The molecule has 0 aliphatic rings. The highest BCUT2D eigenvalue weighted by molar-refractivity contribution is 5.82. The van der Waals surface area contributed by atoms with E-state index in [1.165, 1.54) is 0 Å². The standard InChI is InChI=1S/C8H11N3O/c1-6(8(9)12)11-7-4-2-3-5-10-7/h2-6H,1H3,(H2,9,12)(H,10,11)/t6-/m1/s1. The summed E-state index contributed by atoms with van der Waals surface area (Å²) in [6.07, 6.45) is 1.65. The molecule has 1 aromatic heterocycles. The first kappa shape index (κ1) is 8.52. The smallest absolute Gasteiger partial charge is 0.239 e. The number of nitrogens with zero attached hydrogens (tertiary/aromatic N) is 1. The lowest BCUT2D eigenvalue weighted by molar-refractivity contribution is -0.118. The molecule has 0 saturated heterocycles. The van der Waals surface area contributed by atoms with E-state index in [-0.39, 0.29) is 11.9 Å². The molecule has 0 radical (unpaired) electrons. The van der Waals surface area contributed by atoms with Gasteiger partial charge in [-0.3, -0.25) is 4.79 Å². The van der Waals surface area contributed by atoms with Crippen LogP contribution in [0.15, 0.2) is 24.4 Å². The molecule has 1 rings (SSSR count). The molecule has 4 nitrogen and oxygen atoms in total. The van der Waals surface area contributed by atoms with Crippen LogP contribution in [0.2, 0.25) is 0 Å². The molecule has 1 heterocycles. The van der Waals surface area contributed by atoms with Gasteiger partial charge in [0.15, 0.2) is 0 Å². The van der Waals surface area contributed by atoms with E-state index in [0.29, 0.717) is 5.82 Å². The predicted molar refractivity (Wildman–Crippen MR) is 46.5 cm³/mol. The van der Waals surface area contributed by atoms with Gasteiger partial charge in [-0.05, 0) is 19.1 Å². The lowest BCUT2D eigenvalue weighted by atomic mass is 10.3. The van der Waals surface area contributed by atoms with Gasteiger partial charge in [0.25, 0.3) is 0 Å². The zero-order chi connectivity index (χ0) is 8.97. The van der Waals surface area contributed by atoms with Crippen LogP contribution in [0.5, 0.6) is 0 Å². The summed E-state index contributed by atoms with van der Waals surface area (Å²) in [5.41, 5.74) is 5.05. The number of nitrogens with one attached hydrogen (secondary N) is 1. The van der Waals surface area contributed by atoms with Crippen LogP contribution in [0.3, 0.4) is 0 Å². The molecule has 1 atom stereocenters. The van der Waals surface area contributed by atoms with Gasteiger partial charge in [-0.2, -0.15) is 0 Å². The number of amides is 1. The normalized spacial score (nSPS) is 12.1. The Morgan fingerprint density at radius 2 is 2.42 bits per heavy atom. The van der Waals surface area contributed by atoms with Crippen molar-refractivity contribution in [1.29, 1.82) is 0 Å². The van der Waals surface area contributed by atoms with Gasteiger partial charge in [0.05, 0.1) is 0 Å². The molecule has 0 spiro atoms. The number of carbonyl (C=O) groups excluding carboxylic acids is 1. The van der Waals surface area contributed by atoms with Gasteiger partial charge in [-0.1, -0.05) is 6.07 Å². The van der Waals surface area contributed by atoms with Crippen LogP contribution in [0.1, 0.15) is 6.92 Å². The summed E-state index contributed by atoms with van der Waals surface area (Å²) in [5.74, 6) is 0.268. The zero-order valence-corrected chi connectivity index (χ0v) is 6.82. The summed E-state index contributed by atoms with van der Waals surface area (Å²) in [4.78, 5) is 14.6. The second kappa shape index (κ2) is 3.71. The van der Waals surface area contributed by atoms with E-state index < -0.39 is 0 Å². The second-order valence-corrected chi connectivity index (χ2v) is 2.48. The van der Waals surface area contributed by atoms with E-state index >= 15 is 0 Å². The van der Waals surface area contributed by atoms with Gasteiger partial charge >= 0.3 is 0 Å². The summed E-state index contributed by atoms with van der Waals surface area (Å²) in [6.45, 7) is 1.69. The summed E-state index contributed by atoms with van der Waals surface area (Å²) < 4.78 is 0. The van der Waals surface area contributed by atoms with E-state index in [0.717, 1.165) is 0 Å². The molecular weight excluding hydrogens is 154 g/mol. The van der Waals surface area contributed by atoms with Crippen LogP contribution in [-0.4, -0.2) is 16.9 Å². The maximum atomic E-state index is 10.6. The monoisotopic (exact) mass is 165 g/mol. The van der Waals surface area contributed by atoms with Crippen LogP contribution in [0.4, 0.5) is 5.82 Å². The zero-order valence-electron chi connectivity index (χ0n) is 6.82. The van der Waals surface area contributed by atoms with Crippen LogP contribution in [0, 0.1) is 0 Å². The fourth-order valence-electron chi connectivity index (χ4n) is 0.741. The molecule has 3 N–H and O–H groups in total. The number of nitrogens with two attached hydrogens (primary N) is 1. The van der Waals surface area contributed by atoms with E-state index in [9.17, 15) is 4.79 Å². The number of rotatable bonds is 3. The third-order valence-electron chi connectivity index (χ3n) is 1.46. The van der Waals surface area contributed by atoms with E-state index in [1.54, 1.807) is 25.3 Å². The highest BCUT2D eigenvalue weighted by Gasteiger charge is 2.07. The Kier molecular flexibility index (Phi) is 2.63. The number of hydrogen-bond donors (Lipinski definition) is 2. The molecule has 1 aromatic rings. The SMILES string of the molecule is C[C@@H](Nc1ccccn1)C(N)=O. The van der Waals surface area contributed by atoms with Gasteiger partial charge in [0, 0.05) is 6.20 Å². The molecular formula is C8H11N3O. The summed E-state index contributed by atoms with van der Waals surface area (Å²) in [6, 6.07) is 5.03. The number of carbonyl (C=O) groups is 1. The van der Waals surface area contributed by atoms with Gasteiger partial charge in [-0.25, -0.2) is 4.98 Å². The lowest BCUT2D eigenvalue weighted by Gasteiger charge is -2.09. The molecule has 0 aliphatic carbocycles. The number of anilines is 1. The van der Waals surface area contributed by atoms with Crippen molar-refractivity contribution in [2.75, 3.05) is 5.32 Å². The van der Waals surface area contributed by atoms with E-state index in [4.69, 9.17) is 5.73 Å². The van der Waals surface area contributed by atoms with Crippen molar-refractivity contribution >= 4 is 11.7 Å². The molecule has 4 heteroatoms. The Labute approximate surface area is 70.8 Å². The van der Waals surface area contributed by atoms with Gasteiger partial charge in [-0.15, -0.1) is 0 Å². The van der Waals surface area contributed by atoms with Crippen LogP contribution in [-0.2, 0) is 4.79 Å². The average Bonchev–Trinajstić information content (AvgIpc) is 2.06. The lowest BCUT2D eigenvalue weighted by Crippen LogP contribution is -2.32. The molecule has 0 aliphatic heterocycles. The first-order valence-corrected chi connectivity index (χ1v) is 3.67. The van der Waals surface area contributed by atoms with Crippen LogP contribution >= 0.6 is 0 Å². The Morgan fingerprint density at radius 3 is 2.92 bits per heavy atom. The Bertz CT molecular complexity index is 260. The highest BCUT2D eigenvalue weighted by atomic mass is 16.1. The third-order valence-corrected chi connectivity index (χ3v) is 1.46. The topological polar surface area (TPSA) is 68.0 Å². The minimum absolute atomic E-state index is 0.388. The molecule has 0 fully saturated rings. The summed E-state index contributed by atoms with van der Waals surface area (Å²) in [5, 5.41) is 2.86. The van der Waals surface area contributed by atoms with Crippen LogP contribution < -0.4 is 11.1 Å². The molecule has 12 heavy (non-hydrogen) atoms. The maximum Gasteiger partial charge on any atom is 0.239 e. The Balaban J connectivity index is 2.58. The first-order chi connectivity index (χ1) is 5.70. The third kappa shape index (κ3) is 2.23. The number of pyridine rings is 1. The summed E-state index contributed by atoms with van der Waals surface area (Å²) >= 11 is 0. The molecule has 0 bridgehead atoms. The van der Waals surface area contributed by atoms with Crippen molar-refractivity contribution in [3.05, 3.63) is 24.4 Å². The molecule has 0 aromatic carbocycles. The fourth-order valence-corrected chi connectivity index (χ4v) is 0.741. The quantitative estimate of drug-likeness (QED) is 0.679. The van der Waals surface area contributed by atoms with Crippen molar-refractivity contribution in [1.82, 2.24) is 4.98 Å². The largest absolute Gasteiger partial charge is 0.368 e. The fraction of sp³-hybridized carbons (Fsp3) is 0.250. The van der Waals surface area contributed by atoms with Gasteiger partial charge in [0.1, 0.15) is 11.9 Å². The van der Waals surface area contributed by atoms with Crippen LogP contribution in [0.25, 0.3) is 0 Å². The molecule has 0 unspecified atom stereocenters. The van der Waals surface area contributed by atoms with E-state index in [2.05, 4.69) is 10.3 Å². The number of hydrogen-bond acceptors (Lipinski definition) is 3. The molecule has 1 amide bonds. The molecule has 0 saturated carbocycles. The minimum Gasteiger partial charge on any atom is -0.368 e. The second-order valence-electron chi connectivity index (χ2n) is 2.48. The first-order valence-electron chi connectivity index (χ1n) is 3.67. The Morgan fingerprint density at radius 1 is 1.67 bits per heavy atom. The number of aromatic nitrogens is 1.